The fourth-order valence-corrected chi connectivity index (χ4v) is 3.22. The van der Waals surface area contributed by atoms with Crippen LogP contribution >= 0.6 is 0 Å². The number of carbonyl (C=O) groups is 1. The number of nitrogens with one attached hydrogen (secondary N) is 1. The topological polar surface area (TPSA) is 90.8 Å². The van der Waals surface area contributed by atoms with Gasteiger partial charge in [0.25, 0.3) is 0 Å². The molecule has 4 rings (SSSR count). The highest BCUT2D eigenvalue weighted by atomic mass is 19.4. The van der Waals surface area contributed by atoms with Gasteiger partial charge in [-0.25, -0.2) is 4.68 Å². The van der Waals surface area contributed by atoms with E-state index in [1.807, 2.05) is 6.92 Å². The summed E-state index contributed by atoms with van der Waals surface area (Å²) in [6, 6.07) is 1.60. The van der Waals surface area contributed by atoms with Crippen LogP contribution in [0.4, 0.5) is 19.1 Å². The van der Waals surface area contributed by atoms with Crippen molar-refractivity contribution >= 4 is 11.7 Å². The van der Waals surface area contributed by atoms with Gasteiger partial charge in [-0.05, 0) is 26.0 Å². The Bertz CT molecular complexity index is 1060. The van der Waals surface area contributed by atoms with E-state index in [0.717, 1.165) is 6.33 Å². The molecule has 1 aliphatic rings. The molecule has 0 saturated carbocycles. The monoisotopic (exact) mass is 392 g/mol. The molecular formula is C17H15F3N6O2. The van der Waals surface area contributed by atoms with Crippen LogP contribution in [-0.4, -0.2) is 36.5 Å². The maximum Gasteiger partial charge on any atom is 0.431 e. The first-order valence-corrected chi connectivity index (χ1v) is 8.41. The van der Waals surface area contributed by atoms with Crippen molar-refractivity contribution in [1.29, 1.82) is 0 Å². The lowest BCUT2D eigenvalue weighted by Crippen LogP contribution is -2.35. The lowest BCUT2D eigenvalue weighted by Gasteiger charge is -2.29. The Morgan fingerprint density at radius 1 is 1.39 bits per heavy atom. The lowest BCUT2D eigenvalue weighted by atomic mass is 9.91. The number of fused-ring (bicyclic) bond motifs is 1. The number of rotatable bonds is 4. The van der Waals surface area contributed by atoms with Gasteiger partial charge < -0.3 is 9.73 Å². The molecule has 0 radical (unpaired) electrons. The summed E-state index contributed by atoms with van der Waals surface area (Å²) < 4.78 is 49.5. The first-order chi connectivity index (χ1) is 13.3. The van der Waals surface area contributed by atoms with Crippen LogP contribution in [0, 0.1) is 6.92 Å². The van der Waals surface area contributed by atoms with Gasteiger partial charge in [0, 0.05) is 18.3 Å². The molecule has 3 aromatic heterocycles. The summed E-state index contributed by atoms with van der Waals surface area (Å²) in [5.74, 6) is -1.20. The van der Waals surface area contributed by atoms with Gasteiger partial charge in [-0.15, -0.1) is 0 Å². The number of ketones is 1. The molecule has 1 atom stereocenters. The van der Waals surface area contributed by atoms with Gasteiger partial charge in [-0.1, -0.05) is 0 Å². The summed E-state index contributed by atoms with van der Waals surface area (Å²) in [4.78, 5) is 16.9. The van der Waals surface area contributed by atoms with E-state index in [9.17, 15) is 18.0 Å². The summed E-state index contributed by atoms with van der Waals surface area (Å²) in [6.45, 7) is 4.04. The molecule has 3 aromatic rings. The Kier molecular flexibility index (Phi) is 4.09. The molecule has 8 nitrogen and oxygen atoms in total. The van der Waals surface area contributed by atoms with Crippen molar-refractivity contribution in [2.75, 3.05) is 5.32 Å². The van der Waals surface area contributed by atoms with E-state index in [0.29, 0.717) is 17.8 Å². The van der Waals surface area contributed by atoms with Crippen molar-refractivity contribution in [3.63, 3.8) is 0 Å². The Hall–Kier alpha value is -3.37. The standard InChI is InChI=1S/C17H15F3N6O2/c1-3-25-7-10(9(2)24-25)13-12(14(27)11-5-4-6-28-11)15(17(18,19)20)23-16-21-8-22-26(13)16/h4-8,13H,3H2,1-2H3,(H,21,22,23)/t13-/m0/s1. The van der Waals surface area contributed by atoms with Gasteiger partial charge in [0.2, 0.25) is 11.7 Å². The summed E-state index contributed by atoms with van der Waals surface area (Å²) >= 11 is 0. The van der Waals surface area contributed by atoms with Crippen molar-refractivity contribution in [1.82, 2.24) is 24.5 Å². The predicted molar refractivity (Wildman–Crippen MR) is 90.5 cm³/mol. The number of halogens is 3. The Morgan fingerprint density at radius 2 is 2.18 bits per heavy atom. The smallest absolute Gasteiger partial charge is 0.431 e. The van der Waals surface area contributed by atoms with Crippen LogP contribution in [0.25, 0.3) is 0 Å². The minimum Gasteiger partial charge on any atom is -0.461 e. The molecule has 0 saturated heterocycles. The number of nitrogens with zero attached hydrogens (tertiary/aromatic N) is 5. The number of aryl methyl sites for hydroxylation is 2. The summed E-state index contributed by atoms with van der Waals surface area (Å²) in [6.07, 6.45) is -0.849. The van der Waals surface area contributed by atoms with Gasteiger partial charge in [-0.2, -0.15) is 28.4 Å². The van der Waals surface area contributed by atoms with Crippen LogP contribution in [0.5, 0.6) is 0 Å². The molecule has 11 heteroatoms. The van der Waals surface area contributed by atoms with Crippen molar-refractivity contribution in [3.05, 3.63) is 59.2 Å². The molecule has 0 aromatic carbocycles. The number of anilines is 1. The molecular weight excluding hydrogens is 377 g/mol. The SMILES string of the molecule is CCn1cc([C@H]2C(C(=O)c3ccco3)=C(C(F)(F)F)Nc3ncnn32)c(C)n1. The minimum absolute atomic E-state index is 0.114. The van der Waals surface area contributed by atoms with E-state index in [1.54, 1.807) is 17.8 Å². The third-order valence-electron chi connectivity index (χ3n) is 4.47. The van der Waals surface area contributed by atoms with E-state index in [1.165, 1.54) is 23.1 Å². The fourth-order valence-electron chi connectivity index (χ4n) is 3.22. The number of alkyl halides is 3. The zero-order valence-electron chi connectivity index (χ0n) is 14.9. The average molecular weight is 392 g/mol. The number of allylic oxidation sites excluding steroid dienone is 2. The molecule has 0 fully saturated rings. The number of Topliss-reactive ketones (excluding diaryl/α,β-unsaturated/α-hetero) is 1. The fraction of sp³-hybridized carbons (Fsp3) is 0.294. The molecule has 1 aliphatic heterocycles. The number of hydrogen-bond donors (Lipinski definition) is 1. The van der Waals surface area contributed by atoms with Gasteiger partial charge in [-0.3, -0.25) is 9.48 Å². The highest BCUT2D eigenvalue weighted by Crippen LogP contribution is 2.42. The van der Waals surface area contributed by atoms with Crippen LogP contribution in [0.3, 0.4) is 0 Å². The van der Waals surface area contributed by atoms with Gasteiger partial charge in [0.05, 0.1) is 17.5 Å². The third-order valence-corrected chi connectivity index (χ3v) is 4.47. The number of hydrogen-bond acceptors (Lipinski definition) is 6. The van der Waals surface area contributed by atoms with Crippen LogP contribution < -0.4 is 5.32 Å². The molecule has 1 N–H and O–H groups in total. The highest BCUT2D eigenvalue weighted by molar-refractivity contribution is 6.09. The second-order valence-electron chi connectivity index (χ2n) is 6.17. The highest BCUT2D eigenvalue weighted by Gasteiger charge is 2.47. The zero-order valence-corrected chi connectivity index (χ0v) is 14.9. The maximum atomic E-state index is 13.9. The Labute approximate surface area is 156 Å². The maximum absolute atomic E-state index is 13.9. The van der Waals surface area contributed by atoms with Crippen LogP contribution in [0.2, 0.25) is 0 Å². The molecule has 28 heavy (non-hydrogen) atoms. The number of furan rings is 1. The van der Waals surface area contributed by atoms with Gasteiger partial charge >= 0.3 is 6.18 Å². The molecule has 4 heterocycles. The molecule has 0 bridgehead atoms. The quantitative estimate of drug-likeness (QED) is 0.686. The molecule has 0 aliphatic carbocycles. The van der Waals surface area contributed by atoms with Crippen molar-refractivity contribution in [2.24, 2.45) is 0 Å². The van der Waals surface area contributed by atoms with E-state index in [4.69, 9.17) is 4.42 Å². The van der Waals surface area contributed by atoms with Gasteiger partial charge in [0.1, 0.15) is 18.1 Å². The third kappa shape index (κ3) is 2.79. The molecule has 0 spiro atoms. The average Bonchev–Trinajstić information content (AvgIpc) is 3.39. The Balaban J connectivity index is 1.99. The molecule has 0 unspecified atom stereocenters. The number of carbonyl (C=O) groups excluding carboxylic acids is 1. The Morgan fingerprint density at radius 3 is 2.79 bits per heavy atom. The first-order valence-electron chi connectivity index (χ1n) is 8.41. The van der Waals surface area contributed by atoms with Crippen molar-refractivity contribution < 1.29 is 22.4 Å². The van der Waals surface area contributed by atoms with E-state index < -0.39 is 29.3 Å². The summed E-state index contributed by atoms with van der Waals surface area (Å²) in [7, 11) is 0. The van der Waals surface area contributed by atoms with Crippen LogP contribution in [-0.2, 0) is 6.54 Å². The number of aromatic nitrogens is 5. The van der Waals surface area contributed by atoms with Crippen LogP contribution in [0.15, 0.2) is 46.6 Å². The largest absolute Gasteiger partial charge is 0.461 e. The van der Waals surface area contributed by atoms with Crippen molar-refractivity contribution in [3.8, 4) is 0 Å². The normalized spacial score (nSPS) is 16.8. The summed E-state index contributed by atoms with van der Waals surface area (Å²) in [5.41, 5.74) is -0.810. The van der Waals surface area contributed by atoms with Crippen LogP contribution in [0.1, 0.15) is 34.8 Å². The van der Waals surface area contributed by atoms with E-state index in [2.05, 4.69) is 20.5 Å². The summed E-state index contributed by atoms with van der Waals surface area (Å²) in [5, 5.41) is 10.5. The second-order valence-corrected chi connectivity index (χ2v) is 6.17. The van der Waals surface area contributed by atoms with Crippen molar-refractivity contribution in [2.45, 2.75) is 32.6 Å². The minimum atomic E-state index is -4.82. The lowest BCUT2D eigenvalue weighted by molar-refractivity contribution is -0.0918. The molecule has 146 valence electrons. The first kappa shape index (κ1) is 18.0. The van der Waals surface area contributed by atoms with Gasteiger partial charge in [0.15, 0.2) is 5.76 Å². The second kappa shape index (κ2) is 6.36. The predicted octanol–water partition coefficient (Wildman–Crippen LogP) is 3.11. The van der Waals surface area contributed by atoms with E-state index >= 15 is 0 Å². The van der Waals surface area contributed by atoms with E-state index in [-0.39, 0.29) is 11.7 Å². The zero-order chi connectivity index (χ0) is 20.1. The molecule has 0 amide bonds.